The summed E-state index contributed by atoms with van der Waals surface area (Å²) in [5.41, 5.74) is 2.21. The van der Waals surface area contributed by atoms with Gasteiger partial charge in [-0.25, -0.2) is 8.42 Å². The maximum atomic E-state index is 12.9. The third kappa shape index (κ3) is 5.47. The first-order valence-electron chi connectivity index (χ1n) is 10.2. The first kappa shape index (κ1) is 22.5. The Labute approximate surface area is 179 Å². The average molecular weight is 431 g/mol. The Morgan fingerprint density at radius 3 is 2.43 bits per heavy atom. The number of amides is 1. The Morgan fingerprint density at radius 1 is 1.10 bits per heavy atom. The van der Waals surface area contributed by atoms with Crippen molar-refractivity contribution in [3.05, 3.63) is 65.2 Å². The van der Waals surface area contributed by atoms with E-state index in [4.69, 9.17) is 4.74 Å². The molecule has 1 aliphatic heterocycles. The fourth-order valence-corrected chi connectivity index (χ4v) is 5.00. The number of carbonyl (C=O) groups is 1. The minimum Gasteiger partial charge on any atom is -0.379 e. The molecule has 0 aliphatic carbocycles. The van der Waals surface area contributed by atoms with E-state index in [1.54, 1.807) is 12.1 Å². The molecule has 0 radical (unpaired) electrons. The Bertz CT molecular complexity index is 982. The van der Waals surface area contributed by atoms with Crippen LogP contribution in [0.5, 0.6) is 0 Å². The summed E-state index contributed by atoms with van der Waals surface area (Å²) in [6.45, 7) is 7.93. The maximum absolute atomic E-state index is 12.9. The monoisotopic (exact) mass is 430 g/mol. The van der Waals surface area contributed by atoms with Crippen molar-refractivity contribution < 1.29 is 17.9 Å². The average Bonchev–Trinajstić information content (AvgIpc) is 2.73. The van der Waals surface area contributed by atoms with Gasteiger partial charge in [0.15, 0.2) is 0 Å². The van der Waals surface area contributed by atoms with Crippen molar-refractivity contribution in [3.63, 3.8) is 0 Å². The van der Waals surface area contributed by atoms with Gasteiger partial charge in [0.25, 0.3) is 5.91 Å². The molecule has 1 saturated heterocycles. The standard InChI is InChI=1S/C23H30N2O4S/c1-18-9-10-20(30(27,28)25-11-13-29-14-12-25)15-21(18)22(26)24-17-23(2,3)16-19-7-5-4-6-8-19/h4-10,15H,11-14,16-17H2,1-3H3,(H,24,26). The van der Waals surface area contributed by atoms with Gasteiger partial charge in [0.2, 0.25) is 10.0 Å². The Morgan fingerprint density at radius 2 is 1.77 bits per heavy atom. The number of nitrogens with one attached hydrogen (secondary N) is 1. The van der Waals surface area contributed by atoms with Crippen LogP contribution in [0.25, 0.3) is 0 Å². The van der Waals surface area contributed by atoms with Crippen LogP contribution in [0, 0.1) is 12.3 Å². The fourth-order valence-electron chi connectivity index (χ4n) is 3.57. The van der Waals surface area contributed by atoms with E-state index in [2.05, 4.69) is 31.3 Å². The molecule has 1 fully saturated rings. The molecule has 2 aromatic rings. The molecule has 0 unspecified atom stereocenters. The zero-order chi connectivity index (χ0) is 21.8. The van der Waals surface area contributed by atoms with Crippen molar-refractivity contribution in [3.8, 4) is 0 Å². The zero-order valence-electron chi connectivity index (χ0n) is 17.8. The highest BCUT2D eigenvalue weighted by molar-refractivity contribution is 7.89. The summed E-state index contributed by atoms with van der Waals surface area (Å²) in [6.07, 6.45) is 0.832. The van der Waals surface area contributed by atoms with Crippen LogP contribution in [-0.2, 0) is 21.2 Å². The van der Waals surface area contributed by atoms with E-state index >= 15 is 0 Å². The second kappa shape index (κ2) is 9.29. The molecule has 0 aromatic heterocycles. The van der Waals surface area contributed by atoms with Gasteiger partial charge in [-0.2, -0.15) is 4.31 Å². The molecule has 0 saturated carbocycles. The second-order valence-electron chi connectivity index (χ2n) is 8.50. The van der Waals surface area contributed by atoms with Crippen LogP contribution < -0.4 is 5.32 Å². The number of ether oxygens (including phenoxy) is 1. The lowest BCUT2D eigenvalue weighted by atomic mass is 9.85. The van der Waals surface area contributed by atoms with Gasteiger partial charge in [-0.15, -0.1) is 0 Å². The van der Waals surface area contributed by atoms with Gasteiger partial charge in [0, 0.05) is 25.2 Å². The van der Waals surface area contributed by atoms with Crippen molar-refractivity contribution in [2.24, 2.45) is 5.41 Å². The summed E-state index contributed by atoms with van der Waals surface area (Å²) >= 11 is 0. The van der Waals surface area contributed by atoms with E-state index < -0.39 is 10.0 Å². The third-order valence-electron chi connectivity index (χ3n) is 5.31. The van der Waals surface area contributed by atoms with E-state index in [-0.39, 0.29) is 16.2 Å². The van der Waals surface area contributed by atoms with E-state index in [1.807, 2.05) is 25.1 Å². The number of hydrogen-bond acceptors (Lipinski definition) is 4. The highest BCUT2D eigenvalue weighted by Crippen LogP contribution is 2.23. The molecule has 2 aromatic carbocycles. The topological polar surface area (TPSA) is 75.7 Å². The molecule has 3 rings (SSSR count). The molecule has 1 aliphatic rings. The predicted octanol–water partition coefficient (Wildman–Crippen LogP) is 3.01. The van der Waals surface area contributed by atoms with Crippen molar-refractivity contribution >= 4 is 15.9 Å². The normalized spacial score (nSPS) is 15.7. The summed E-state index contributed by atoms with van der Waals surface area (Å²) < 4.78 is 32.5. The molecule has 30 heavy (non-hydrogen) atoms. The van der Waals surface area contributed by atoms with Crippen molar-refractivity contribution in [1.82, 2.24) is 9.62 Å². The Hall–Kier alpha value is -2.22. The zero-order valence-corrected chi connectivity index (χ0v) is 18.7. The summed E-state index contributed by atoms with van der Waals surface area (Å²) in [4.78, 5) is 13.0. The van der Waals surface area contributed by atoms with Crippen LogP contribution in [0.2, 0.25) is 0 Å². The molecule has 1 heterocycles. The fraction of sp³-hybridized carbons (Fsp3) is 0.435. The van der Waals surface area contributed by atoms with Crippen molar-refractivity contribution in [1.29, 1.82) is 0 Å². The molecule has 1 amide bonds. The smallest absolute Gasteiger partial charge is 0.251 e. The summed E-state index contributed by atoms with van der Waals surface area (Å²) in [5.74, 6) is -0.257. The number of aryl methyl sites for hydroxylation is 1. The highest BCUT2D eigenvalue weighted by atomic mass is 32.2. The van der Waals surface area contributed by atoms with Gasteiger partial charge < -0.3 is 10.1 Å². The molecule has 6 nitrogen and oxygen atoms in total. The lowest BCUT2D eigenvalue weighted by Gasteiger charge is -2.27. The number of nitrogens with zero attached hydrogens (tertiary/aromatic N) is 1. The van der Waals surface area contributed by atoms with Crippen LogP contribution in [0.4, 0.5) is 0 Å². The van der Waals surface area contributed by atoms with E-state index in [0.29, 0.717) is 38.4 Å². The summed E-state index contributed by atoms with van der Waals surface area (Å²) in [6, 6.07) is 14.9. The van der Waals surface area contributed by atoms with Crippen LogP contribution in [0.1, 0.15) is 35.3 Å². The Kier molecular flexibility index (Phi) is 6.95. The van der Waals surface area contributed by atoms with E-state index in [9.17, 15) is 13.2 Å². The molecular weight excluding hydrogens is 400 g/mol. The lowest BCUT2D eigenvalue weighted by Crippen LogP contribution is -2.40. The minimum atomic E-state index is -3.65. The molecule has 0 spiro atoms. The molecule has 162 valence electrons. The van der Waals surface area contributed by atoms with Crippen molar-refractivity contribution in [2.45, 2.75) is 32.1 Å². The molecule has 0 bridgehead atoms. The van der Waals surface area contributed by atoms with Crippen LogP contribution in [0.3, 0.4) is 0 Å². The SMILES string of the molecule is Cc1ccc(S(=O)(=O)N2CCOCC2)cc1C(=O)NCC(C)(C)Cc1ccccc1. The third-order valence-corrected chi connectivity index (χ3v) is 7.21. The second-order valence-corrected chi connectivity index (χ2v) is 10.4. The number of morpholine rings is 1. The summed E-state index contributed by atoms with van der Waals surface area (Å²) in [5, 5.41) is 2.99. The Balaban J connectivity index is 1.72. The van der Waals surface area contributed by atoms with Crippen LogP contribution >= 0.6 is 0 Å². The number of sulfonamides is 1. The van der Waals surface area contributed by atoms with Crippen LogP contribution in [0.15, 0.2) is 53.4 Å². The van der Waals surface area contributed by atoms with Gasteiger partial charge >= 0.3 is 0 Å². The number of benzene rings is 2. The van der Waals surface area contributed by atoms with E-state index in [0.717, 1.165) is 12.0 Å². The molecule has 7 heteroatoms. The first-order valence-corrected chi connectivity index (χ1v) is 11.6. The van der Waals surface area contributed by atoms with E-state index in [1.165, 1.54) is 15.9 Å². The van der Waals surface area contributed by atoms with Gasteiger partial charge in [0.1, 0.15) is 0 Å². The lowest BCUT2D eigenvalue weighted by molar-refractivity contribution is 0.0730. The predicted molar refractivity (Wildman–Crippen MR) is 117 cm³/mol. The maximum Gasteiger partial charge on any atom is 0.251 e. The van der Waals surface area contributed by atoms with Crippen molar-refractivity contribution in [2.75, 3.05) is 32.8 Å². The first-order chi connectivity index (χ1) is 14.2. The minimum absolute atomic E-state index is 0.137. The van der Waals surface area contributed by atoms with Gasteiger partial charge in [-0.1, -0.05) is 50.2 Å². The quantitative estimate of drug-likeness (QED) is 0.733. The van der Waals surface area contributed by atoms with Gasteiger partial charge in [-0.05, 0) is 42.0 Å². The number of carbonyl (C=O) groups excluding carboxylic acids is 1. The van der Waals surface area contributed by atoms with Gasteiger partial charge in [-0.3, -0.25) is 4.79 Å². The number of hydrogen-bond donors (Lipinski definition) is 1. The largest absolute Gasteiger partial charge is 0.379 e. The molecule has 1 N–H and O–H groups in total. The van der Waals surface area contributed by atoms with Crippen LogP contribution in [-0.4, -0.2) is 51.5 Å². The highest BCUT2D eigenvalue weighted by Gasteiger charge is 2.28. The summed E-state index contributed by atoms with van der Waals surface area (Å²) in [7, 11) is -3.65. The number of rotatable bonds is 7. The molecule has 0 atom stereocenters. The van der Waals surface area contributed by atoms with Gasteiger partial charge in [0.05, 0.1) is 18.1 Å². The molecular formula is C23H30N2O4S.